The summed E-state index contributed by atoms with van der Waals surface area (Å²) in [5.74, 6) is 1.57. The van der Waals surface area contributed by atoms with Crippen molar-refractivity contribution >= 4 is 22.9 Å². The van der Waals surface area contributed by atoms with Gasteiger partial charge in [0.15, 0.2) is 17.3 Å². The maximum absolute atomic E-state index is 13.7. The van der Waals surface area contributed by atoms with E-state index in [1.165, 1.54) is 0 Å². The summed E-state index contributed by atoms with van der Waals surface area (Å²) >= 11 is 1.56. The predicted octanol–water partition coefficient (Wildman–Crippen LogP) is 5.20. The van der Waals surface area contributed by atoms with E-state index >= 15 is 0 Å². The Morgan fingerprint density at radius 2 is 1.75 bits per heavy atom. The molecule has 0 amide bonds. The van der Waals surface area contributed by atoms with E-state index < -0.39 is 5.92 Å². The number of fused-ring (bicyclic) bond motifs is 1. The Labute approximate surface area is 212 Å². The Kier molecular flexibility index (Phi) is 5.53. The number of para-hydroxylation sites is 1. The lowest BCUT2D eigenvalue weighted by molar-refractivity contribution is -0.116. The van der Waals surface area contributed by atoms with Gasteiger partial charge in [-0.2, -0.15) is 0 Å². The number of nitrogens with one attached hydrogen (secondary N) is 2. The summed E-state index contributed by atoms with van der Waals surface area (Å²) in [6.07, 6.45) is 1.01. The maximum Gasteiger partial charge on any atom is 0.277 e. The van der Waals surface area contributed by atoms with Crippen LogP contribution in [0, 0.1) is 0 Å². The fourth-order valence-corrected chi connectivity index (χ4v) is 6.18. The molecule has 3 heterocycles. The Morgan fingerprint density at radius 1 is 0.944 bits per heavy atom. The molecule has 2 N–H and O–H groups in total. The highest BCUT2D eigenvalue weighted by Gasteiger charge is 2.41. The number of hydrogen-bond donors (Lipinski definition) is 2. The van der Waals surface area contributed by atoms with Gasteiger partial charge in [0.25, 0.3) is 5.56 Å². The third-order valence-corrected chi connectivity index (χ3v) is 7.95. The van der Waals surface area contributed by atoms with Gasteiger partial charge in [-0.25, -0.2) is 4.68 Å². The number of carbonyl (C=O) groups is 1. The molecule has 1 aliphatic heterocycles. The van der Waals surface area contributed by atoms with Crippen LogP contribution in [0.1, 0.15) is 40.7 Å². The number of hydrogen-bond acceptors (Lipinski definition) is 6. The van der Waals surface area contributed by atoms with Crippen molar-refractivity contribution < 1.29 is 14.3 Å². The molecule has 0 radical (unpaired) electrons. The summed E-state index contributed by atoms with van der Waals surface area (Å²) in [6, 6.07) is 19.2. The second kappa shape index (κ2) is 8.87. The predicted molar refractivity (Wildman–Crippen MR) is 140 cm³/mol. The van der Waals surface area contributed by atoms with Gasteiger partial charge in [0.05, 0.1) is 31.4 Å². The summed E-state index contributed by atoms with van der Waals surface area (Å²) in [6.45, 7) is 0. The third kappa shape index (κ3) is 3.56. The Balaban J connectivity index is 1.45. The molecule has 0 unspecified atom stereocenters. The number of rotatable bonds is 5. The zero-order chi connectivity index (χ0) is 24.8. The molecule has 0 saturated heterocycles. The van der Waals surface area contributed by atoms with Crippen LogP contribution in [0.4, 0.5) is 5.82 Å². The number of aromatic amines is 1. The smallest absolute Gasteiger partial charge is 0.277 e. The van der Waals surface area contributed by atoms with Crippen LogP contribution in [0.2, 0.25) is 0 Å². The van der Waals surface area contributed by atoms with Gasteiger partial charge in [0.2, 0.25) is 0 Å². The largest absolute Gasteiger partial charge is 0.493 e. The quantitative estimate of drug-likeness (QED) is 0.394. The van der Waals surface area contributed by atoms with Crippen molar-refractivity contribution in [2.45, 2.75) is 24.7 Å². The average Bonchev–Trinajstić information content (AvgIpc) is 3.56. The molecule has 36 heavy (non-hydrogen) atoms. The van der Waals surface area contributed by atoms with Crippen LogP contribution in [-0.4, -0.2) is 29.8 Å². The highest BCUT2D eigenvalue weighted by Crippen LogP contribution is 2.48. The van der Waals surface area contributed by atoms with Gasteiger partial charge in [-0.3, -0.25) is 14.7 Å². The molecule has 0 spiro atoms. The monoisotopic (exact) mass is 499 g/mol. The van der Waals surface area contributed by atoms with Crippen LogP contribution in [0.25, 0.3) is 5.69 Å². The van der Waals surface area contributed by atoms with E-state index in [-0.39, 0.29) is 17.3 Å². The van der Waals surface area contributed by atoms with Crippen molar-refractivity contribution in [2.24, 2.45) is 0 Å². The van der Waals surface area contributed by atoms with Crippen LogP contribution in [0.3, 0.4) is 0 Å². The first kappa shape index (κ1) is 22.4. The fraction of sp³-hybridized carbons (Fsp3) is 0.214. The van der Waals surface area contributed by atoms with Crippen molar-refractivity contribution in [3.63, 3.8) is 0 Å². The van der Waals surface area contributed by atoms with Gasteiger partial charge < -0.3 is 14.8 Å². The van der Waals surface area contributed by atoms with Crippen LogP contribution in [-0.2, 0) is 4.79 Å². The zero-order valence-electron chi connectivity index (χ0n) is 19.9. The minimum absolute atomic E-state index is 0.0166. The Bertz CT molecular complexity index is 1530. The highest BCUT2D eigenvalue weighted by atomic mass is 32.1. The number of nitrogens with zero attached hydrogens (tertiary/aromatic N) is 1. The molecule has 2 atom stereocenters. The molecular formula is C28H25N3O4S. The number of allylic oxidation sites excluding steroid dienone is 2. The number of methoxy groups -OCH3 is 2. The van der Waals surface area contributed by atoms with E-state index in [1.807, 2.05) is 66.0 Å². The van der Waals surface area contributed by atoms with E-state index in [0.29, 0.717) is 41.3 Å². The molecule has 0 fully saturated rings. The molecule has 2 aromatic heterocycles. The SMILES string of the molecule is COc1ccc([C@@H]2CC(=O)C3=C(C2)Nc2[nH]n(-c4ccccc4)c(=O)c2[C@H]3c2cccs2)cc1OC. The van der Waals surface area contributed by atoms with Crippen molar-refractivity contribution in [3.05, 3.63) is 104 Å². The Hall–Kier alpha value is -4.04. The maximum atomic E-state index is 13.7. The van der Waals surface area contributed by atoms with Crippen molar-refractivity contribution in [2.75, 3.05) is 19.5 Å². The lowest BCUT2D eigenvalue weighted by Crippen LogP contribution is -2.31. The summed E-state index contributed by atoms with van der Waals surface area (Å²) in [5.41, 5.74) is 3.75. The number of ketones is 1. The molecular weight excluding hydrogens is 474 g/mol. The molecule has 4 aromatic rings. The van der Waals surface area contributed by atoms with Crippen molar-refractivity contribution in [1.82, 2.24) is 9.78 Å². The standard InChI is InChI=1S/C28H25N3O4S/c1-34-21-11-10-16(15-22(21)35-2)17-13-19-24(20(32)14-17)25(23-9-6-12-36-23)26-27(29-19)30-31(28(26)33)18-7-4-3-5-8-18/h3-12,15,17,25,29-30H,13-14H2,1-2H3/t17-,25-/m0/s1. The molecule has 6 rings (SSSR count). The summed E-state index contributed by atoms with van der Waals surface area (Å²) in [5, 5.41) is 8.68. The summed E-state index contributed by atoms with van der Waals surface area (Å²) < 4.78 is 12.4. The minimum atomic E-state index is -0.399. The van der Waals surface area contributed by atoms with E-state index in [4.69, 9.17) is 9.47 Å². The van der Waals surface area contributed by atoms with E-state index in [0.717, 1.165) is 21.8 Å². The first-order valence-electron chi connectivity index (χ1n) is 11.8. The van der Waals surface area contributed by atoms with Crippen LogP contribution in [0.15, 0.2) is 82.1 Å². The molecule has 7 nitrogen and oxygen atoms in total. The second-order valence-electron chi connectivity index (χ2n) is 8.99. The normalized spacial score (nSPS) is 18.9. The highest BCUT2D eigenvalue weighted by molar-refractivity contribution is 7.10. The van der Waals surface area contributed by atoms with Gasteiger partial charge in [-0.05, 0) is 53.6 Å². The number of H-pyrrole nitrogens is 1. The summed E-state index contributed by atoms with van der Waals surface area (Å²) in [4.78, 5) is 28.4. The van der Waals surface area contributed by atoms with Crippen LogP contribution >= 0.6 is 11.3 Å². The number of Topliss-reactive ketones (excluding diaryl/α,β-unsaturated/α-hetero) is 1. The fourth-order valence-electron chi connectivity index (χ4n) is 5.33. The molecule has 182 valence electrons. The number of anilines is 1. The van der Waals surface area contributed by atoms with Crippen molar-refractivity contribution in [1.29, 1.82) is 0 Å². The third-order valence-electron chi connectivity index (χ3n) is 7.01. The molecule has 2 aromatic carbocycles. The molecule has 0 saturated carbocycles. The topological polar surface area (TPSA) is 85.4 Å². The number of carbonyl (C=O) groups excluding carboxylic acids is 1. The van der Waals surface area contributed by atoms with Gasteiger partial charge in [-0.15, -0.1) is 11.3 Å². The number of aromatic nitrogens is 2. The van der Waals surface area contributed by atoms with Gasteiger partial charge in [0, 0.05) is 22.6 Å². The van der Waals surface area contributed by atoms with E-state index in [9.17, 15) is 9.59 Å². The van der Waals surface area contributed by atoms with E-state index in [2.05, 4.69) is 10.4 Å². The average molecular weight is 500 g/mol. The lowest BCUT2D eigenvalue weighted by Gasteiger charge is -2.34. The van der Waals surface area contributed by atoms with Gasteiger partial charge >= 0.3 is 0 Å². The van der Waals surface area contributed by atoms with Crippen molar-refractivity contribution in [3.8, 4) is 17.2 Å². The first-order valence-corrected chi connectivity index (χ1v) is 12.7. The van der Waals surface area contributed by atoms with Crippen LogP contribution in [0.5, 0.6) is 11.5 Å². The first-order chi connectivity index (χ1) is 17.6. The van der Waals surface area contributed by atoms with Gasteiger partial charge in [-0.1, -0.05) is 30.3 Å². The second-order valence-corrected chi connectivity index (χ2v) is 9.96. The minimum Gasteiger partial charge on any atom is -0.493 e. The number of thiophene rings is 1. The molecule has 8 heteroatoms. The van der Waals surface area contributed by atoms with Crippen LogP contribution < -0.4 is 20.3 Å². The number of ether oxygens (including phenoxy) is 2. The van der Waals surface area contributed by atoms with Gasteiger partial charge in [0.1, 0.15) is 5.82 Å². The zero-order valence-corrected chi connectivity index (χ0v) is 20.7. The molecule has 0 bridgehead atoms. The lowest BCUT2D eigenvalue weighted by atomic mass is 9.74. The molecule has 2 aliphatic rings. The molecule has 1 aliphatic carbocycles. The summed E-state index contributed by atoms with van der Waals surface area (Å²) in [7, 11) is 3.22. The Morgan fingerprint density at radius 3 is 2.47 bits per heavy atom. The number of benzene rings is 2. The van der Waals surface area contributed by atoms with E-state index in [1.54, 1.807) is 30.2 Å².